The Morgan fingerprint density at radius 1 is 1.33 bits per heavy atom. The fourth-order valence-electron chi connectivity index (χ4n) is 2.98. The molecule has 1 aromatic carbocycles. The van der Waals surface area contributed by atoms with Gasteiger partial charge in [0.2, 0.25) is 0 Å². The van der Waals surface area contributed by atoms with Gasteiger partial charge < -0.3 is 20.4 Å². The summed E-state index contributed by atoms with van der Waals surface area (Å²) in [6.07, 6.45) is 2.43. The number of hydrogen-bond donors (Lipinski definition) is 3. The molecule has 2 unspecified atom stereocenters. The fourth-order valence-corrected chi connectivity index (χ4v) is 2.98. The third-order valence-corrected chi connectivity index (χ3v) is 4.28. The van der Waals surface area contributed by atoms with Gasteiger partial charge in [0.05, 0.1) is 18.8 Å². The molecular formula is C17H21FN4O2. The van der Waals surface area contributed by atoms with Crippen molar-refractivity contribution in [2.24, 2.45) is 0 Å². The Hall–Kier alpha value is -2.25. The Kier molecular flexibility index (Phi) is 5.22. The molecule has 1 fully saturated rings. The van der Waals surface area contributed by atoms with Crippen molar-refractivity contribution >= 4 is 11.6 Å². The van der Waals surface area contributed by atoms with Gasteiger partial charge in [0.15, 0.2) is 0 Å². The molecule has 1 aliphatic rings. The van der Waals surface area contributed by atoms with Crippen LogP contribution in [0.25, 0.3) is 0 Å². The molecule has 6 nitrogen and oxygen atoms in total. The Morgan fingerprint density at radius 2 is 2.17 bits per heavy atom. The number of aromatic nitrogens is 2. The van der Waals surface area contributed by atoms with E-state index >= 15 is 0 Å². The third-order valence-electron chi connectivity index (χ3n) is 4.28. The van der Waals surface area contributed by atoms with Crippen LogP contribution in [0.15, 0.2) is 36.7 Å². The Bertz CT molecular complexity index is 685. The number of nitrogens with one attached hydrogen (secondary N) is 1. The summed E-state index contributed by atoms with van der Waals surface area (Å²) in [4.78, 5) is 10.4. The van der Waals surface area contributed by atoms with Gasteiger partial charge in [0.25, 0.3) is 0 Å². The van der Waals surface area contributed by atoms with E-state index in [2.05, 4.69) is 20.2 Å². The number of hydrogen-bond acceptors (Lipinski definition) is 6. The van der Waals surface area contributed by atoms with Crippen molar-refractivity contribution in [1.82, 2.24) is 9.97 Å². The number of anilines is 2. The molecular weight excluding hydrogens is 311 g/mol. The normalized spacial score (nSPS) is 18.6. The molecule has 2 atom stereocenters. The lowest BCUT2D eigenvalue weighted by atomic mass is 10.1. The van der Waals surface area contributed by atoms with Crippen LogP contribution < -0.4 is 10.2 Å². The second-order valence-corrected chi connectivity index (χ2v) is 5.85. The second kappa shape index (κ2) is 7.55. The Morgan fingerprint density at radius 3 is 2.96 bits per heavy atom. The maximum atomic E-state index is 13.7. The number of rotatable bonds is 6. The molecule has 2 aromatic rings. The highest BCUT2D eigenvalue weighted by atomic mass is 19.1. The number of halogens is 1. The quantitative estimate of drug-likeness (QED) is 0.747. The van der Waals surface area contributed by atoms with Gasteiger partial charge in [-0.3, -0.25) is 0 Å². The van der Waals surface area contributed by atoms with Crippen LogP contribution in [-0.2, 0) is 0 Å². The summed E-state index contributed by atoms with van der Waals surface area (Å²) in [6.45, 7) is 1.08. The zero-order valence-corrected chi connectivity index (χ0v) is 13.3. The average molecular weight is 332 g/mol. The summed E-state index contributed by atoms with van der Waals surface area (Å²) in [5, 5.41) is 22.6. The molecule has 0 bridgehead atoms. The molecule has 0 saturated carbocycles. The van der Waals surface area contributed by atoms with Crippen molar-refractivity contribution in [2.75, 3.05) is 29.9 Å². The van der Waals surface area contributed by atoms with Gasteiger partial charge in [-0.25, -0.2) is 14.4 Å². The van der Waals surface area contributed by atoms with E-state index in [1.165, 1.54) is 12.4 Å². The zero-order chi connectivity index (χ0) is 16.9. The van der Waals surface area contributed by atoms with E-state index in [4.69, 9.17) is 0 Å². The van der Waals surface area contributed by atoms with Crippen LogP contribution in [0.4, 0.5) is 16.0 Å². The molecule has 0 aliphatic carbocycles. The zero-order valence-electron chi connectivity index (χ0n) is 13.3. The Labute approximate surface area is 140 Å². The number of benzene rings is 1. The van der Waals surface area contributed by atoms with E-state index in [1.54, 1.807) is 24.3 Å². The van der Waals surface area contributed by atoms with E-state index in [1.807, 2.05) is 0 Å². The minimum absolute atomic E-state index is 0.0803. The highest BCUT2D eigenvalue weighted by molar-refractivity contribution is 5.50. The van der Waals surface area contributed by atoms with Gasteiger partial charge in [0.1, 0.15) is 23.8 Å². The minimum Gasteiger partial charge on any atom is -0.394 e. The van der Waals surface area contributed by atoms with Crippen molar-refractivity contribution in [3.63, 3.8) is 0 Å². The van der Waals surface area contributed by atoms with Crippen molar-refractivity contribution in [3.8, 4) is 0 Å². The number of nitrogens with zero attached hydrogens (tertiary/aromatic N) is 3. The van der Waals surface area contributed by atoms with Gasteiger partial charge in [0, 0.05) is 24.7 Å². The van der Waals surface area contributed by atoms with E-state index < -0.39 is 11.9 Å². The highest BCUT2D eigenvalue weighted by Gasteiger charge is 2.25. The van der Waals surface area contributed by atoms with Gasteiger partial charge in [-0.15, -0.1) is 0 Å². The summed E-state index contributed by atoms with van der Waals surface area (Å²) >= 11 is 0. The molecule has 24 heavy (non-hydrogen) atoms. The standard InChI is InChI=1S/C17H21FN4O2/c18-14-6-2-1-5-13(14)15(24)9-19-16-8-17(21-11-20-16)22-7-3-4-12(22)10-23/h1-2,5-6,8,11-12,15,23-24H,3-4,7,9-10H2,(H,19,20,21). The smallest absolute Gasteiger partial charge is 0.134 e. The molecule has 0 amide bonds. The first kappa shape index (κ1) is 16.6. The maximum absolute atomic E-state index is 13.7. The van der Waals surface area contributed by atoms with Gasteiger partial charge in [-0.1, -0.05) is 18.2 Å². The van der Waals surface area contributed by atoms with Crippen LogP contribution >= 0.6 is 0 Å². The maximum Gasteiger partial charge on any atom is 0.134 e. The monoisotopic (exact) mass is 332 g/mol. The second-order valence-electron chi connectivity index (χ2n) is 5.85. The van der Waals surface area contributed by atoms with Gasteiger partial charge in [-0.05, 0) is 18.9 Å². The van der Waals surface area contributed by atoms with Crippen LogP contribution in [0, 0.1) is 5.82 Å². The molecule has 1 aromatic heterocycles. The number of aliphatic hydroxyl groups is 2. The highest BCUT2D eigenvalue weighted by Crippen LogP contribution is 2.25. The predicted octanol–water partition coefficient (Wildman–Crippen LogP) is 1.72. The first-order chi connectivity index (χ1) is 11.7. The van der Waals surface area contributed by atoms with Crippen molar-refractivity contribution < 1.29 is 14.6 Å². The minimum atomic E-state index is -0.971. The topological polar surface area (TPSA) is 81.5 Å². The lowest BCUT2D eigenvalue weighted by Gasteiger charge is -2.24. The van der Waals surface area contributed by atoms with E-state index in [9.17, 15) is 14.6 Å². The third kappa shape index (κ3) is 3.63. The van der Waals surface area contributed by atoms with E-state index in [0.717, 1.165) is 25.2 Å². The van der Waals surface area contributed by atoms with Crippen LogP contribution in [0.5, 0.6) is 0 Å². The first-order valence-corrected chi connectivity index (χ1v) is 8.05. The summed E-state index contributed by atoms with van der Waals surface area (Å²) < 4.78 is 13.7. The lowest BCUT2D eigenvalue weighted by Crippen LogP contribution is -2.32. The van der Waals surface area contributed by atoms with Gasteiger partial charge >= 0.3 is 0 Å². The molecule has 128 valence electrons. The van der Waals surface area contributed by atoms with Gasteiger partial charge in [-0.2, -0.15) is 0 Å². The Balaban J connectivity index is 1.66. The number of aliphatic hydroxyl groups excluding tert-OH is 2. The summed E-state index contributed by atoms with van der Waals surface area (Å²) in [7, 11) is 0. The molecule has 0 radical (unpaired) electrons. The largest absolute Gasteiger partial charge is 0.394 e. The SMILES string of the molecule is OCC1CCCN1c1cc(NCC(O)c2ccccc2F)ncn1. The predicted molar refractivity (Wildman–Crippen MR) is 89.3 cm³/mol. The average Bonchev–Trinajstić information content (AvgIpc) is 3.09. The van der Waals surface area contributed by atoms with Crippen molar-refractivity contribution in [2.45, 2.75) is 25.0 Å². The molecule has 0 spiro atoms. The molecule has 3 rings (SSSR count). The summed E-state index contributed by atoms with van der Waals surface area (Å²) in [6, 6.07) is 8.02. The van der Waals surface area contributed by atoms with E-state index in [0.29, 0.717) is 5.82 Å². The molecule has 2 heterocycles. The van der Waals surface area contributed by atoms with Crippen LogP contribution in [0.3, 0.4) is 0 Å². The van der Waals surface area contributed by atoms with Crippen LogP contribution in [-0.4, -0.2) is 45.9 Å². The lowest BCUT2D eigenvalue weighted by molar-refractivity contribution is 0.186. The van der Waals surface area contributed by atoms with E-state index in [-0.39, 0.29) is 24.8 Å². The molecule has 3 N–H and O–H groups in total. The first-order valence-electron chi connectivity index (χ1n) is 8.05. The van der Waals surface area contributed by atoms with Crippen LogP contribution in [0.1, 0.15) is 24.5 Å². The summed E-state index contributed by atoms with van der Waals surface area (Å²) in [5.74, 6) is 0.862. The molecule has 7 heteroatoms. The van der Waals surface area contributed by atoms with Crippen molar-refractivity contribution in [3.05, 3.63) is 48.0 Å². The molecule has 1 saturated heterocycles. The molecule has 1 aliphatic heterocycles. The fraction of sp³-hybridized carbons (Fsp3) is 0.412. The van der Waals surface area contributed by atoms with Crippen molar-refractivity contribution in [1.29, 1.82) is 0 Å². The summed E-state index contributed by atoms with van der Waals surface area (Å²) in [5.41, 5.74) is 0.249. The van der Waals surface area contributed by atoms with Crippen LogP contribution in [0.2, 0.25) is 0 Å².